The summed E-state index contributed by atoms with van der Waals surface area (Å²) in [4.78, 5) is 0. The van der Waals surface area contributed by atoms with Crippen LogP contribution in [0.15, 0.2) is 0 Å². The molecular formula is C12H28N2. The van der Waals surface area contributed by atoms with Crippen molar-refractivity contribution in [1.29, 1.82) is 0 Å². The molecule has 0 radical (unpaired) electrons. The van der Waals surface area contributed by atoms with E-state index in [1.54, 1.807) is 0 Å². The van der Waals surface area contributed by atoms with Gasteiger partial charge in [0, 0.05) is 12.1 Å². The SMILES string of the molecule is CCC(C)CC(C)(C)C(N)C(N)CC. The Balaban J connectivity index is 4.28. The highest BCUT2D eigenvalue weighted by Gasteiger charge is 2.31. The summed E-state index contributed by atoms with van der Waals surface area (Å²) >= 11 is 0. The lowest BCUT2D eigenvalue weighted by atomic mass is 9.74. The van der Waals surface area contributed by atoms with E-state index in [1.807, 2.05) is 0 Å². The molecule has 14 heavy (non-hydrogen) atoms. The van der Waals surface area contributed by atoms with Crippen molar-refractivity contribution in [3.8, 4) is 0 Å². The van der Waals surface area contributed by atoms with E-state index in [1.165, 1.54) is 12.8 Å². The summed E-state index contributed by atoms with van der Waals surface area (Å²) < 4.78 is 0. The van der Waals surface area contributed by atoms with Crippen molar-refractivity contribution in [3.63, 3.8) is 0 Å². The van der Waals surface area contributed by atoms with Crippen molar-refractivity contribution in [2.75, 3.05) is 0 Å². The van der Waals surface area contributed by atoms with Crippen LogP contribution in [0.1, 0.15) is 53.9 Å². The molecule has 0 aromatic heterocycles. The normalized spacial score (nSPS) is 19.1. The van der Waals surface area contributed by atoms with E-state index >= 15 is 0 Å². The molecule has 86 valence electrons. The fourth-order valence-electron chi connectivity index (χ4n) is 2.01. The zero-order valence-corrected chi connectivity index (χ0v) is 10.5. The number of hydrogen-bond acceptors (Lipinski definition) is 2. The van der Waals surface area contributed by atoms with Crippen LogP contribution >= 0.6 is 0 Å². The first-order valence-corrected chi connectivity index (χ1v) is 5.86. The molecule has 0 bridgehead atoms. The van der Waals surface area contributed by atoms with E-state index in [0.717, 1.165) is 12.3 Å². The third kappa shape index (κ3) is 3.97. The minimum atomic E-state index is 0.112. The fourth-order valence-corrected chi connectivity index (χ4v) is 2.01. The van der Waals surface area contributed by atoms with Gasteiger partial charge < -0.3 is 11.5 Å². The molecule has 0 fully saturated rings. The van der Waals surface area contributed by atoms with E-state index in [4.69, 9.17) is 11.5 Å². The van der Waals surface area contributed by atoms with Crippen molar-refractivity contribution >= 4 is 0 Å². The topological polar surface area (TPSA) is 52.0 Å². The third-order valence-corrected chi connectivity index (χ3v) is 3.41. The maximum Gasteiger partial charge on any atom is 0.0244 e. The lowest BCUT2D eigenvalue weighted by molar-refractivity contribution is 0.195. The molecule has 4 N–H and O–H groups in total. The lowest BCUT2D eigenvalue weighted by Gasteiger charge is -2.37. The molecule has 2 heteroatoms. The van der Waals surface area contributed by atoms with E-state index in [2.05, 4.69) is 34.6 Å². The van der Waals surface area contributed by atoms with Gasteiger partial charge in [-0.3, -0.25) is 0 Å². The van der Waals surface area contributed by atoms with E-state index in [-0.39, 0.29) is 17.5 Å². The quantitative estimate of drug-likeness (QED) is 0.692. The van der Waals surface area contributed by atoms with Gasteiger partial charge in [0.1, 0.15) is 0 Å². The molecule has 0 saturated carbocycles. The van der Waals surface area contributed by atoms with Crippen molar-refractivity contribution in [1.82, 2.24) is 0 Å². The highest BCUT2D eigenvalue weighted by molar-refractivity contribution is 4.89. The van der Waals surface area contributed by atoms with E-state index in [9.17, 15) is 0 Å². The lowest BCUT2D eigenvalue weighted by Crippen LogP contribution is -2.51. The number of rotatable bonds is 6. The molecule has 0 aliphatic rings. The molecule has 0 heterocycles. The predicted molar refractivity (Wildman–Crippen MR) is 64.1 cm³/mol. The second-order valence-electron chi connectivity index (χ2n) is 5.30. The maximum absolute atomic E-state index is 6.18. The molecule has 0 spiro atoms. The second kappa shape index (κ2) is 5.72. The molecule has 0 saturated heterocycles. The largest absolute Gasteiger partial charge is 0.326 e. The standard InChI is InChI=1S/C12H28N2/c1-6-9(3)8-12(4,5)11(14)10(13)7-2/h9-11H,6-8,13-14H2,1-5H3. The van der Waals surface area contributed by atoms with Crippen LogP contribution in [0.25, 0.3) is 0 Å². The van der Waals surface area contributed by atoms with Crippen LogP contribution in [0.3, 0.4) is 0 Å². The van der Waals surface area contributed by atoms with Crippen LogP contribution < -0.4 is 11.5 Å². The molecule has 0 aromatic rings. The van der Waals surface area contributed by atoms with E-state index in [0.29, 0.717) is 0 Å². The van der Waals surface area contributed by atoms with Gasteiger partial charge in [-0.1, -0.05) is 41.0 Å². The average molecular weight is 200 g/mol. The Morgan fingerprint density at radius 1 is 1.07 bits per heavy atom. The van der Waals surface area contributed by atoms with Crippen molar-refractivity contribution in [2.45, 2.75) is 66.0 Å². The Kier molecular flexibility index (Phi) is 5.68. The minimum absolute atomic E-state index is 0.112. The first kappa shape index (κ1) is 13.9. The smallest absolute Gasteiger partial charge is 0.0244 e. The first-order valence-electron chi connectivity index (χ1n) is 5.86. The summed E-state index contributed by atoms with van der Waals surface area (Å²) in [6.45, 7) is 11.1. The maximum atomic E-state index is 6.18. The van der Waals surface area contributed by atoms with Gasteiger partial charge in [-0.05, 0) is 24.2 Å². The van der Waals surface area contributed by atoms with Crippen LogP contribution in [0.2, 0.25) is 0 Å². The Hall–Kier alpha value is -0.0800. The van der Waals surface area contributed by atoms with E-state index < -0.39 is 0 Å². The van der Waals surface area contributed by atoms with Gasteiger partial charge in [0.2, 0.25) is 0 Å². The van der Waals surface area contributed by atoms with Crippen molar-refractivity contribution in [3.05, 3.63) is 0 Å². The molecule has 0 aliphatic heterocycles. The van der Waals surface area contributed by atoms with Crippen molar-refractivity contribution in [2.24, 2.45) is 22.8 Å². The van der Waals surface area contributed by atoms with Gasteiger partial charge in [0.15, 0.2) is 0 Å². The highest BCUT2D eigenvalue weighted by atomic mass is 14.8. The zero-order chi connectivity index (χ0) is 11.4. The Labute approximate surface area is 89.4 Å². The predicted octanol–water partition coefficient (Wildman–Crippen LogP) is 2.51. The Bertz CT molecular complexity index is 154. The molecule has 0 aliphatic carbocycles. The van der Waals surface area contributed by atoms with Gasteiger partial charge >= 0.3 is 0 Å². The minimum Gasteiger partial charge on any atom is -0.326 e. The summed E-state index contributed by atoms with van der Waals surface area (Å²) in [6, 6.07) is 0.246. The molecular weight excluding hydrogens is 172 g/mol. The fraction of sp³-hybridized carbons (Fsp3) is 1.00. The summed E-state index contributed by atoms with van der Waals surface area (Å²) in [5.74, 6) is 0.736. The Morgan fingerprint density at radius 2 is 1.57 bits per heavy atom. The number of nitrogens with two attached hydrogens (primary N) is 2. The third-order valence-electron chi connectivity index (χ3n) is 3.41. The summed E-state index contributed by atoms with van der Waals surface area (Å²) in [5, 5.41) is 0. The van der Waals surface area contributed by atoms with Crippen LogP contribution in [0.5, 0.6) is 0 Å². The monoisotopic (exact) mass is 200 g/mol. The second-order valence-corrected chi connectivity index (χ2v) is 5.30. The highest BCUT2D eigenvalue weighted by Crippen LogP contribution is 2.31. The van der Waals surface area contributed by atoms with Crippen LogP contribution in [-0.4, -0.2) is 12.1 Å². The molecule has 0 rings (SSSR count). The average Bonchev–Trinajstić information content (AvgIpc) is 2.14. The van der Waals surface area contributed by atoms with Crippen molar-refractivity contribution < 1.29 is 0 Å². The number of hydrogen-bond donors (Lipinski definition) is 2. The van der Waals surface area contributed by atoms with Gasteiger partial charge in [0.25, 0.3) is 0 Å². The van der Waals surface area contributed by atoms with Crippen LogP contribution in [-0.2, 0) is 0 Å². The van der Waals surface area contributed by atoms with Gasteiger partial charge in [-0.25, -0.2) is 0 Å². The van der Waals surface area contributed by atoms with Crippen LogP contribution in [0, 0.1) is 11.3 Å². The molecule has 0 amide bonds. The van der Waals surface area contributed by atoms with Gasteiger partial charge in [-0.2, -0.15) is 0 Å². The summed E-state index contributed by atoms with van der Waals surface area (Å²) in [7, 11) is 0. The molecule has 3 atom stereocenters. The summed E-state index contributed by atoms with van der Waals surface area (Å²) in [6.07, 6.45) is 3.35. The zero-order valence-electron chi connectivity index (χ0n) is 10.5. The summed E-state index contributed by atoms with van der Waals surface area (Å²) in [5.41, 5.74) is 12.3. The van der Waals surface area contributed by atoms with Crippen LogP contribution in [0.4, 0.5) is 0 Å². The van der Waals surface area contributed by atoms with Gasteiger partial charge in [-0.15, -0.1) is 0 Å². The molecule has 0 aromatic carbocycles. The molecule has 3 unspecified atom stereocenters. The first-order chi connectivity index (χ1) is 6.35. The molecule has 2 nitrogen and oxygen atoms in total. The van der Waals surface area contributed by atoms with Gasteiger partial charge in [0.05, 0.1) is 0 Å². The Morgan fingerprint density at radius 3 is 1.93 bits per heavy atom.